The molecule has 2 aromatic rings. The molecule has 0 heterocycles. The van der Waals surface area contributed by atoms with E-state index < -0.39 is 5.60 Å². The van der Waals surface area contributed by atoms with E-state index in [2.05, 4.69) is 29.6 Å². The maximum absolute atomic E-state index is 12.7. The zero-order valence-electron chi connectivity index (χ0n) is 17.5. The summed E-state index contributed by atoms with van der Waals surface area (Å²) in [5.41, 5.74) is 9.23. The number of methoxy groups -OCH3 is 1. The Labute approximate surface area is 177 Å². The highest BCUT2D eigenvalue weighted by molar-refractivity contribution is 5.69. The lowest BCUT2D eigenvalue weighted by Crippen LogP contribution is -2.58. The van der Waals surface area contributed by atoms with Crippen molar-refractivity contribution in [2.24, 2.45) is 11.7 Å². The number of nitrogens with two attached hydrogens (primary N) is 1. The quantitative estimate of drug-likeness (QED) is 0.752. The van der Waals surface area contributed by atoms with Gasteiger partial charge in [0.1, 0.15) is 11.4 Å². The molecule has 4 aliphatic rings. The van der Waals surface area contributed by atoms with Crippen molar-refractivity contribution in [1.29, 1.82) is 0 Å². The van der Waals surface area contributed by atoms with Crippen molar-refractivity contribution >= 4 is 6.09 Å². The highest BCUT2D eigenvalue weighted by Gasteiger charge is 2.50. The van der Waals surface area contributed by atoms with Crippen molar-refractivity contribution in [3.05, 3.63) is 54.1 Å². The molecule has 0 radical (unpaired) electrons. The predicted molar refractivity (Wildman–Crippen MR) is 116 cm³/mol. The number of ether oxygens (including phenoxy) is 2. The molecular formula is C25H30N2O3. The Morgan fingerprint density at radius 3 is 2.10 bits per heavy atom. The zero-order valence-corrected chi connectivity index (χ0v) is 17.5. The monoisotopic (exact) mass is 406 g/mol. The van der Waals surface area contributed by atoms with Gasteiger partial charge in [0.25, 0.3) is 0 Å². The van der Waals surface area contributed by atoms with Gasteiger partial charge in [0.05, 0.1) is 7.11 Å². The summed E-state index contributed by atoms with van der Waals surface area (Å²) in [7, 11) is 1.67. The molecule has 0 spiro atoms. The molecule has 4 aliphatic carbocycles. The molecule has 4 saturated carbocycles. The van der Waals surface area contributed by atoms with Crippen LogP contribution >= 0.6 is 0 Å². The second-order valence-corrected chi connectivity index (χ2v) is 9.34. The number of carbonyl (C=O) groups is 1. The third kappa shape index (κ3) is 3.67. The summed E-state index contributed by atoms with van der Waals surface area (Å²) < 4.78 is 11.2. The van der Waals surface area contributed by atoms with Crippen molar-refractivity contribution in [1.82, 2.24) is 5.32 Å². The van der Waals surface area contributed by atoms with E-state index in [1.807, 2.05) is 24.3 Å². The molecule has 2 bridgehead atoms. The average molecular weight is 407 g/mol. The first-order valence-electron chi connectivity index (χ1n) is 11.0. The van der Waals surface area contributed by atoms with Crippen LogP contribution in [0.15, 0.2) is 48.5 Å². The Hall–Kier alpha value is -2.53. The Morgan fingerprint density at radius 1 is 0.967 bits per heavy atom. The zero-order chi connectivity index (χ0) is 20.8. The number of carbonyl (C=O) groups excluding carboxylic acids is 1. The van der Waals surface area contributed by atoms with E-state index in [4.69, 9.17) is 15.2 Å². The lowest BCUT2D eigenvalue weighted by atomic mass is 9.64. The van der Waals surface area contributed by atoms with Gasteiger partial charge in [-0.15, -0.1) is 0 Å². The van der Waals surface area contributed by atoms with Crippen LogP contribution < -0.4 is 15.8 Å². The fraction of sp³-hybridized carbons (Fsp3) is 0.480. The SMILES string of the molecule is COc1ccc(-c2ccc(C3(OC(=O)NC4CC5(N)CCC4CC5)CC3)cc2)cc1. The van der Waals surface area contributed by atoms with Gasteiger partial charge in [0.15, 0.2) is 0 Å². The van der Waals surface area contributed by atoms with E-state index >= 15 is 0 Å². The fourth-order valence-electron chi connectivity index (χ4n) is 5.27. The molecule has 5 nitrogen and oxygen atoms in total. The molecule has 158 valence electrons. The van der Waals surface area contributed by atoms with Gasteiger partial charge in [-0.25, -0.2) is 4.79 Å². The second-order valence-electron chi connectivity index (χ2n) is 9.34. The molecular weight excluding hydrogens is 376 g/mol. The van der Waals surface area contributed by atoms with Crippen LogP contribution in [0.3, 0.4) is 0 Å². The van der Waals surface area contributed by atoms with Crippen molar-refractivity contribution in [2.45, 2.75) is 62.1 Å². The molecule has 1 unspecified atom stereocenters. The Bertz CT molecular complexity index is 910. The number of hydrogen-bond acceptors (Lipinski definition) is 4. The van der Waals surface area contributed by atoms with Crippen LogP contribution in [0.4, 0.5) is 4.79 Å². The summed E-state index contributed by atoms with van der Waals surface area (Å²) in [6, 6.07) is 16.5. The van der Waals surface area contributed by atoms with E-state index in [9.17, 15) is 4.79 Å². The van der Waals surface area contributed by atoms with Gasteiger partial charge in [-0.1, -0.05) is 36.4 Å². The maximum Gasteiger partial charge on any atom is 0.408 e. The van der Waals surface area contributed by atoms with Gasteiger partial charge in [-0.05, 0) is 79.7 Å². The molecule has 2 aromatic carbocycles. The number of rotatable bonds is 5. The van der Waals surface area contributed by atoms with Crippen LogP contribution in [0.5, 0.6) is 5.75 Å². The summed E-state index contributed by atoms with van der Waals surface area (Å²) in [6.07, 6.45) is 6.70. The third-order valence-corrected chi connectivity index (χ3v) is 7.35. The number of amides is 1. The van der Waals surface area contributed by atoms with Gasteiger partial charge in [-0.3, -0.25) is 0 Å². The normalized spacial score (nSPS) is 28.6. The largest absolute Gasteiger partial charge is 0.497 e. The number of nitrogens with one attached hydrogen (secondary N) is 1. The van der Waals surface area contributed by atoms with Crippen LogP contribution in [0.25, 0.3) is 11.1 Å². The number of hydrogen-bond donors (Lipinski definition) is 2. The van der Waals surface area contributed by atoms with Gasteiger partial charge in [0, 0.05) is 11.6 Å². The van der Waals surface area contributed by atoms with E-state index in [1.165, 1.54) is 0 Å². The first-order chi connectivity index (χ1) is 14.5. The highest BCUT2D eigenvalue weighted by atomic mass is 16.6. The van der Waals surface area contributed by atoms with Crippen molar-refractivity contribution in [2.75, 3.05) is 7.11 Å². The van der Waals surface area contributed by atoms with Gasteiger partial charge >= 0.3 is 6.09 Å². The van der Waals surface area contributed by atoms with E-state index in [1.54, 1.807) is 7.11 Å². The number of benzene rings is 2. The summed E-state index contributed by atoms with van der Waals surface area (Å²) in [6.45, 7) is 0. The third-order valence-electron chi connectivity index (χ3n) is 7.35. The van der Waals surface area contributed by atoms with Gasteiger partial charge < -0.3 is 20.5 Å². The smallest absolute Gasteiger partial charge is 0.408 e. The first-order valence-corrected chi connectivity index (χ1v) is 11.0. The van der Waals surface area contributed by atoms with Gasteiger partial charge in [-0.2, -0.15) is 0 Å². The molecule has 4 fully saturated rings. The highest BCUT2D eigenvalue weighted by Crippen LogP contribution is 2.50. The molecule has 30 heavy (non-hydrogen) atoms. The molecule has 5 heteroatoms. The predicted octanol–water partition coefficient (Wildman–Crippen LogP) is 4.74. The summed E-state index contributed by atoms with van der Waals surface area (Å²) >= 11 is 0. The molecule has 0 aromatic heterocycles. The van der Waals surface area contributed by atoms with Gasteiger partial charge in [0.2, 0.25) is 0 Å². The average Bonchev–Trinajstić information content (AvgIpc) is 3.54. The fourth-order valence-corrected chi connectivity index (χ4v) is 5.27. The lowest BCUT2D eigenvalue weighted by Gasteiger charge is -2.48. The topological polar surface area (TPSA) is 73.6 Å². The Kier molecular flexibility index (Phi) is 4.73. The molecule has 0 saturated heterocycles. The maximum atomic E-state index is 12.7. The minimum absolute atomic E-state index is 0.0960. The molecule has 1 amide bonds. The molecule has 1 atom stereocenters. The van der Waals surface area contributed by atoms with Crippen molar-refractivity contribution in [3.8, 4) is 16.9 Å². The van der Waals surface area contributed by atoms with Crippen LogP contribution in [-0.2, 0) is 10.3 Å². The van der Waals surface area contributed by atoms with Crippen LogP contribution in [-0.4, -0.2) is 24.8 Å². The Balaban J connectivity index is 1.23. The summed E-state index contributed by atoms with van der Waals surface area (Å²) in [4.78, 5) is 12.7. The Morgan fingerprint density at radius 2 is 1.57 bits per heavy atom. The minimum atomic E-state index is -0.476. The standard InChI is InChI=1S/C25H30N2O3/c1-29-21-8-4-18(5-9-21)17-2-6-20(7-3-17)25(14-15-25)30-23(28)27-22-16-24(26)12-10-19(22)11-13-24/h2-9,19,22H,10-16,26H2,1H3,(H,27,28). The minimum Gasteiger partial charge on any atom is -0.497 e. The summed E-state index contributed by atoms with van der Waals surface area (Å²) in [5, 5.41) is 3.14. The number of fused-ring (bicyclic) bond motifs is 3. The first kappa shape index (κ1) is 19.4. The van der Waals surface area contributed by atoms with Crippen LogP contribution in [0, 0.1) is 5.92 Å². The molecule has 6 rings (SSSR count). The van der Waals surface area contributed by atoms with Crippen molar-refractivity contribution in [3.63, 3.8) is 0 Å². The van der Waals surface area contributed by atoms with Crippen LogP contribution in [0.1, 0.15) is 50.5 Å². The number of alkyl carbamates (subject to hydrolysis) is 1. The molecule has 3 N–H and O–H groups in total. The van der Waals surface area contributed by atoms with Crippen LogP contribution in [0.2, 0.25) is 0 Å². The molecule has 0 aliphatic heterocycles. The second kappa shape index (κ2) is 7.31. The summed E-state index contributed by atoms with van der Waals surface area (Å²) in [5.74, 6) is 1.39. The van der Waals surface area contributed by atoms with E-state index in [-0.39, 0.29) is 17.7 Å². The lowest BCUT2D eigenvalue weighted by molar-refractivity contribution is 0.0563. The van der Waals surface area contributed by atoms with E-state index in [0.717, 1.165) is 67.4 Å². The van der Waals surface area contributed by atoms with E-state index in [0.29, 0.717) is 5.92 Å². The van der Waals surface area contributed by atoms with Crippen molar-refractivity contribution < 1.29 is 14.3 Å².